The molecule has 0 atom stereocenters. The van der Waals surface area contributed by atoms with Gasteiger partial charge in [-0.3, -0.25) is 9.59 Å². The number of hydrogen-bond acceptors (Lipinski definition) is 4. The summed E-state index contributed by atoms with van der Waals surface area (Å²) >= 11 is 0. The largest absolute Gasteiger partial charge is 0.494 e. The number of H-pyrrole nitrogens is 1. The Morgan fingerprint density at radius 2 is 1.83 bits per heavy atom. The number of piperazine rings is 1. The lowest BCUT2D eigenvalue weighted by Gasteiger charge is -2.32. The third-order valence-corrected chi connectivity index (χ3v) is 6.72. The number of fused-ring (bicyclic) bond motifs is 3. The summed E-state index contributed by atoms with van der Waals surface area (Å²) in [6.07, 6.45) is 0.0390. The molecule has 0 spiro atoms. The molecule has 3 aromatic carbocycles. The number of methoxy groups -OCH3 is 1. The summed E-state index contributed by atoms with van der Waals surface area (Å²) in [5.74, 6) is -0.793. The van der Waals surface area contributed by atoms with Gasteiger partial charge in [0.15, 0.2) is 11.6 Å². The normalized spacial score (nSPS) is 14.5. The third-order valence-electron chi connectivity index (χ3n) is 6.72. The van der Waals surface area contributed by atoms with Gasteiger partial charge in [-0.2, -0.15) is 0 Å². The van der Waals surface area contributed by atoms with Crippen molar-refractivity contribution < 1.29 is 18.7 Å². The number of nitrogens with two attached hydrogens (primary N) is 1. The van der Waals surface area contributed by atoms with Crippen molar-refractivity contribution >= 4 is 33.6 Å². The maximum Gasteiger partial charge on any atom is 0.254 e. The molecule has 0 saturated carbocycles. The van der Waals surface area contributed by atoms with Crippen molar-refractivity contribution in [3.05, 3.63) is 65.5 Å². The molecular formula is C27H27FN4O3. The van der Waals surface area contributed by atoms with Crippen molar-refractivity contribution in [1.82, 2.24) is 14.8 Å². The van der Waals surface area contributed by atoms with Gasteiger partial charge < -0.3 is 25.3 Å². The highest BCUT2D eigenvalue weighted by Crippen LogP contribution is 2.39. The Bertz CT molecular complexity index is 1450. The van der Waals surface area contributed by atoms with Crippen LogP contribution in [0.25, 0.3) is 32.9 Å². The minimum atomic E-state index is -0.463. The van der Waals surface area contributed by atoms with Gasteiger partial charge in [0.05, 0.1) is 19.0 Å². The zero-order chi connectivity index (χ0) is 24.7. The first-order valence-electron chi connectivity index (χ1n) is 11.5. The highest BCUT2D eigenvalue weighted by Gasteiger charge is 2.23. The average Bonchev–Trinajstić information content (AvgIpc) is 3.24. The molecule has 5 rings (SSSR count). The van der Waals surface area contributed by atoms with Gasteiger partial charge in [-0.1, -0.05) is 30.3 Å². The molecule has 1 fully saturated rings. The molecule has 0 aliphatic carbocycles. The van der Waals surface area contributed by atoms with Crippen LogP contribution < -0.4 is 10.5 Å². The summed E-state index contributed by atoms with van der Waals surface area (Å²) in [4.78, 5) is 32.3. The van der Waals surface area contributed by atoms with Crippen LogP contribution in [0.4, 0.5) is 4.39 Å². The Kier molecular flexibility index (Phi) is 5.90. The van der Waals surface area contributed by atoms with Crippen LogP contribution in [-0.4, -0.2) is 66.9 Å². The van der Waals surface area contributed by atoms with Crippen LogP contribution in [0.5, 0.6) is 5.75 Å². The second-order valence-corrected chi connectivity index (χ2v) is 8.97. The molecule has 1 aliphatic heterocycles. The number of nitrogens with zero attached hydrogens (tertiary/aromatic N) is 2. The maximum atomic E-state index is 15.2. The number of ether oxygens (including phenoxy) is 1. The van der Waals surface area contributed by atoms with Gasteiger partial charge in [-0.05, 0) is 36.4 Å². The van der Waals surface area contributed by atoms with Gasteiger partial charge in [-0.25, -0.2) is 4.39 Å². The summed E-state index contributed by atoms with van der Waals surface area (Å²) in [6.45, 7) is 3.04. The number of rotatable bonds is 5. The zero-order valence-electron chi connectivity index (χ0n) is 19.7. The van der Waals surface area contributed by atoms with E-state index in [2.05, 4.69) is 9.88 Å². The van der Waals surface area contributed by atoms with E-state index in [1.54, 1.807) is 30.3 Å². The van der Waals surface area contributed by atoms with Gasteiger partial charge in [0.1, 0.15) is 0 Å². The summed E-state index contributed by atoms with van der Waals surface area (Å²) in [7, 11) is 3.48. The predicted octanol–water partition coefficient (Wildman–Crippen LogP) is 3.55. The van der Waals surface area contributed by atoms with Gasteiger partial charge in [0, 0.05) is 53.6 Å². The molecular weight excluding hydrogens is 447 g/mol. The van der Waals surface area contributed by atoms with E-state index in [1.807, 2.05) is 30.1 Å². The first-order chi connectivity index (χ1) is 16.9. The molecule has 1 saturated heterocycles. The van der Waals surface area contributed by atoms with Crippen molar-refractivity contribution in [2.75, 3.05) is 40.3 Å². The number of primary amides is 1. The van der Waals surface area contributed by atoms with Crippen LogP contribution in [-0.2, 0) is 11.2 Å². The SMILES string of the molecule is COc1cccc(-c2ccc(CC(N)=O)c3[nH]c4cc(C(=O)N5CCN(C)CC5)ccc4c23)c1F. The molecule has 2 heterocycles. The van der Waals surface area contributed by atoms with Crippen LogP contribution in [0.3, 0.4) is 0 Å². The molecule has 180 valence electrons. The predicted molar refractivity (Wildman–Crippen MR) is 134 cm³/mol. The van der Waals surface area contributed by atoms with E-state index in [0.717, 1.165) is 29.4 Å². The fourth-order valence-corrected chi connectivity index (χ4v) is 4.83. The van der Waals surface area contributed by atoms with E-state index in [0.29, 0.717) is 40.9 Å². The fourth-order valence-electron chi connectivity index (χ4n) is 4.83. The van der Waals surface area contributed by atoms with E-state index < -0.39 is 11.7 Å². The Morgan fingerprint density at radius 3 is 2.54 bits per heavy atom. The maximum absolute atomic E-state index is 15.2. The molecule has 0 bridgehead atoms. The van der Waals surface area contributed by atoms with Crippen molar-refractivity contribution in [2.24, 2.45) is 5.73 Å². The van der Waals surface area contributed by atoms with Gasteiger partial charge in [0.25, 0.3) is 5.91 Å². The van der Waals surface area contributed by atoms with Crippen LogP contribution in [0, 0.1) is 5.82 Å². The lowest BCUT2D eigenvalue weighted by Crippen LogP contribution is -2.47. The van der Waals surface area contributed by atoms with E-state index in [9.17, 15) is 9.59 Å². The number of aromatic nitrogens is 1. The molecule has 0 radical (unpaired) electrons. The van der Waals surface area contributed by atoms with Gasteiger partial charge in [0.2, 0.25) is 5.91 Å². The van der Waals surface area contributed by atoms with Gasteiger partial charge in [-0.15, -0.1) is 0 Å². The highest BCUT2D eigenvalue weighted by molar-refractivity contribution is 6.16. The Hall–Kier alpha value is -3.91. The van der Waals surface area contributed by atoms with Crippen LogP contribution in [0.2, 0.25) is 0 Å². The fraction of sp³-hybridized carbons (Fsp3) is 0.259. The van der Waals surface area contributed by atoms with Crippen LogP contribution in [0.1, 0.15) is 15.9 Å². The second kappa shape index (κ2) is 9.03. The number of carbonyl (C=O) groups excluding carboxylic acids is 2. The third kappa shape index (κ3) is 4.10. The molecule has 4 aromatic rings. The number of hydrogen-bond donors (Lipinski definition) is 2. The lowest BCUT2D eigenvalue weighted by atomic mass is 9.95. The highest BCUT2D eigenvalue weighted by atomic mass is 19.1. The van der Waals surface area contributed by atoms with E-state index >= 15 is 4.39 Å². The monoisotopic (exact) mass is 474 g/mol. The molecule has 8 heteroatoms. The summed E-state index contributed by atoms with van der Waals surface area (Å²) in [6, 6.07) is 14.1. The molecule has 35 heavy (non-hydrogen) atoms. The minimum absolute atomic E-state index is 0.0184. The number of halogens is 1. The number of carbonyl (C=O) groups is 2. The Balaban J connectivity index is 1.68. The first kappa shape index (κ1) is 22.9. The van der Waals surface area contributed by atoms with E-state index in [1.165, 1.54) is 7.11 Å². The summed E-state index contributed by atoms with van der Waals surface area (Å²) < 4.78 is 20.4. The second-order valence-electron chi connectivity index (χ2n) is 8.97. The number of likely N-dealkylation sites (N-methyl/N-ethyl adjacent to an activating group) is 1. The van der Waals surface area contributed by atoms with Crippen LogP contribution >= 0.6 is 0 Å². The first-order valence-corrected chi connectivity index (χ1v) is 11.5. The molecule has 1 aliphatic rings. The molecule has 3 N–H and O–H groups in total. The zero-order valence-corrected chi connectivity index (χ0v) is 19.7. The van der Waals surface area contributed by atoms with Crippen molar-refractivity contribution in [3.63, 3.8) is 0 Å². The van der Waals surface area contributed by atoms with Crippen molar-refractivity contribution in [1.29, 1.82) is 0 Å². The number of benzene rings is 3. The topological polar surface area (TPSA) is 91.7 Å². The Labute approximate surface area is 202 Å². The number of nitrogens with one attached hydrogen (secondary N) is 1. The van der Waals surface area contributed by atoms with E-state index in [-0.39, 0.29) is 18.1 Å². The van der Waals surface area contributed by atoms with Crippen molar-refractivity contribution in [2.45, 2.75) is 6.42 Å². The average molecular weight is 475 g/mol. The lowest BCUT2D eigenvalue weighted by molar-refractivity contribution is -0.117. The van der Waals surface area contributed by atoms with Gasteiger partial charge >= 0.3 is 0 Å². The smallest absolute Gasteiger partial charge is 0.254 e. The quantitative estimate of drug-likeness (QED) is 0.463. The van der Waals surface area contributed by atoms with Crippen molar-refractivity contribution in [3.8, 4) is 16.9 Å². The summed E-state index contributed by atoms with van der Waals surface area (Å²) in [5, 5.41) is 1.60. The number of aromatic amines is 1. The standard InChI is InChI=1S/C27H27FN4O3/c1-31-10-12-32(13-11-31)27(34)17-7-9-20-21(14-17)30-26-16(15-23(29)33)6-8-18(24(20)26)19-4-3-5-22(35-2)25(19)28/h3-9,14,30H,10-13,15H2,1-2H3,(H2,29,33). The molecule has 0 unspecified atom stereocenters. The molecule has 1 aromatic heterocycles. The number of amides is 2. The minimum Gasteiger partial charge on any atom is -0.494 e. The Morgan fingerprint density at radius 1 is 1.06 bits per heavy atom. The van der Waals surface area contributed by atoms with Crippen LogP contribution in [0.15, 0.2) is 48.5 Å². The summed E-state index contributed by atoms with van der Waals surface area (Å²) in [5.41, 5.74) is 9.27. The van der Waals surface area contributed by atoms with E-state index in [4.69, 9.17) is 10.5 Å². The molecule has 2 amide bonds. The molecule has 7 nitrogen and oxygen atoms in total.